The molecule has 0 fully saturated rings. The van der Waals surface area contributed by atoms with E-state index in [0.717, 1.165) is 66.9 Å². The molecule has 3 heterocycles. The first-order chi connectivity index (χ1) is 44.6. The molecule has 3 aromatic heterocycles. The summed E-state index contributed by atoms with van der Waals surface area (Å²) >= 11 is 0. The summed E-state index contributed by atoms with van der Waals surface area (Å²) in [4.78, 5) is 41.6. The van der Waals surface area contributed by atoms with E-state index in [4.69, 9.17) is 14.2 Å². The summed E-state index contributed by atoms with van der Waals surface area (Å²) in [6, 6.07) is 84.2. The fraction of sp³-hybridized carbons (Fsp3) is 0.0964. The zero-order chi connectivity index (χ0) is 63.1. The van der Waals surface area contributed by atoms with E-state index in [2.05, 4.69) is 171 Å². The number of hydrogen-bond donors (Lipinski definition) is 0. The van der Waals surface area contributed by atoms with Crippen molar-refractivity contribution in [1.82, 2.24) is 13.7 Å². The van der Waals surface area contributed by atoms with Crippen molar-refractivity contribution in [2.75, 3.05) is 0 Å². The largest absolute Gasteiger partial charge is 0.423 e. The number of carbonyl (C=O) groups excluding carboxylic acids is 3. The Morgan fingerprint density at radius 1 is 0.261 bits per heavy atom. The smallest absolute Gasteiger partial charge is 0.343 e. The van der Waals surface area contributed by atoms with Crippen LogP contribution < -0.4 is 14.2 Å². The lowest BCUT2D eigenvalue weighted by Crippen LogP contribution is -2.25. The average Bonchev–Trinajstić information content (AvgIpc) is 1.57. The van der Waals surface area contributed by atoms with Gasteiger partial charge in [0, 0.05) is 54.8 Å². The number of carbonyl (C=O) groups is 3. The van der Waals surface area contributed by atoms with E-state index in [-0.39, 0.29) is 0 Å². The standard InChI is InChI=1S/C83H63N3O6/c1-50-8-38-74-68(44-50)69-45-51(2)9-39-75(69)84(74)62-26-14-56(15-27-62)80(87)90-65-32-20-59(21-33-65)83(7,60-22-34-66(35-23-60)91-81(88)57-16-28-63(29-17-57)85-76-40-10-52(3)46-70(76)71-47-53(4)11-41-77(71)85)61-24-36-67(37-25-61)92-82(89)58-18-30-64(31-19-58)86-78-42-12-54(5)48-72(78)73-49-55(6)13-43-79(73)86/h8-49H,1-7H3. The SMILES string of the molecule is Cc1ccc2c(c1)c1cc(C)ccc1n2-c1ccc(C(=O)Oc2ccc(C(C)(c3ccc(OC(=O)c4ccc(-n5c6ccc(C)cc6c6cc(C)ccc65)cc4)cc3)c3ccc(OC(=O)c4ccc(-n5c6ccc(C)cc6c6cc(C)ccc65)cc4)cc3)cc2)cc1. The maximum atomic E-state index is 13.9. The number of ether oxygens (including phenoxy) is 3. The zero-order valence-corrected chi connectivity index (χ0v) is 52.0. The second kappa shape index (κ2) is 22.5. The highest BCUT2D eigenvalue weighted by Crippen LogP contribution is 2.42. The Balaban J connectivity index is 0.694. The molecule has 0 aliphatic heterocycles. The summed E-state index contributed by atoms with van der Waals surface area (Å²) in [6.07, 6.45) is 0. The molecule has 0 amide bonds. The number of fused-ring (bicyclic) bond motifs is 9. The van der Waals surface area contributed by atoms with E-state index in [9.17, 15) is 14.4 Å². The van der Waals surface area contributed by atoms with E-state index in [1.54, 1.807) is 72.8 Å². The molecular weight excluding hydrogens is 1130 g/mol. The van der Waals surface area contributed by atoms with Gasteiger partial charge < -0.3 is 27.9 Å². The first kappa shape index (κ1) is 56.9. The quantitative estimate of drug-likeness (QED) is 0.0687. The van der Waals surface area contributed by atoms with Crippen LogP contribution in [0.5, 0.6) is 17.2 Å². The second-order valence-electron chi connectivity index (χ2n) is 24.6. The molecule has 0 aliphatic rings. The molecule has 0 spiro atoms. The fourth-order valence-corrected chi connectivity index (χ4v) is 13.4. The Morgan fingerprint density at radius 2 is 0.457 bits per heavy atom. The van der Waals surface area contributed by atoms with Gasteiger partial charge in [0.05, 0.1) is 49.8 Å². The van der Waals surface area contributed by atoms with Gasteiger partial charge in [0.25, 0.3) is 0 Å². The van der Waals surface area contributed by atoms with Gasteiger partial charge in [-0.25, -0.2) is 14.4 Å². The molecule has 0 N–H and O–H groups in total. The average molecular weight is 1200 g/mol. The Morgan fingerprint density at radius 3 is 0.652 bits per heavy atom. The van der Waals surface area contributed by atoms with Crippen LogP contribution in [-0.2, 0) is 5.41 Å². The lowest BCUT2D eigenvalue weighted by Gasteiger charge is -2.32. The Kier molecular flexibility index (Phi) is 13.9. The Bertz CT molecular complexity index is 4740. The highest BCUT2D eigenvalue weighted by Gasteiger charge is 2.32. The molecule has 0 atom stereocenters. The van der Waals surface area contributed by atoms with E-state index < -0.39 is 23.3 Å². The molecule has 0 saturated carbocycles. The van der Waals surface area contributed by atoms with Crippen molar-refractivity contribution in [3.8, 4) is 34.3 Å². The van der Waals surface area contributed by atoms with Crippen molar-refractivity contribution in [3.05, 3.63) is 322 Å². The summed E-state index contributed by atoms with van der Waals surface area (Å²) in [7, 11) is 0. The van der Waals surface area contributed by atoms with Crippen LogP contribution in [0.25, 0.3) is 82.5 Å². The predicted octanol–water partition coefficient (Wildman–Crippen LogP) is 19.8. The van der Waals surface area contributed by atoms with E-state index >= 15 is 0 Å². The molecule has 0 aliphatic carbocycles. The lowest BCUT2D eigenvalue weighted by molar-refractivity contribution is 0.0725. The fourth-order valence-electron chi connectivity index (χ4n) is 13.4. The molecule has 15 rings (SSSR count). The molecule has 92 heavy (non-hydrogen) atoms. The van der Waals surface area contributed by atoms with E-state index in [0.29, 0.717) is 33.9 Å². The third kappa shape index (κ3) is 10.0. The van der Waals surface area contributed by atoms with Crippen LogP contribution in [0.3, 0.4) is 0 Å². The van der Waals surface area contributed by atoms with Crippen LogP contribution in [0.2, 0.25) is 0 Å². The first-order valence-corrected chi connectivity index (χ1v) is 31.0. The third-order valence-electron chi connectivity index (χ3n) is 18.2. The van der Waals surface area contributed by atoms with Crippen molar-refractivity contribution in [1.29, 1.82) is 0 Å². The van der Waals surface area contributed by atoms with Crippen molar-refractivity contribution in [2.45, 2.75) is 53.9 Å². The molecule has 15 aromatic rings. The number of esters is 3. The number of benzene rings is 12. The summed E-state index contributed by atoms with van der Waals surface area (Å²) in [5, 5.41) is 7.10. The Labute approximate surface area is 532 Å². The summed E-state index contributed by atoms with van der Waals surface area (Å²) in [6.45, 7) is 14.8. The van der Waals surface area contributed by atoms with Crippen LogP contribution >= 0.6 is 0 Å². The molecule has 0 radical (unpaired) electrons. The van der Waals surface area contributed by atoms with Gasteiger partial charge in [0.1, 0.15) is 17.2 Å². The van der Waals surface area contributed by atoms with Gasteiger partial charge in [0.2, 0.25) is 0 Å². The minimum atomic E-state index is -0.826. The van der Waals surface area contributed by atoms with Crippen molar-refractivity contribution < 1.29 is 28.6 Å². The molecule has 9 heteroatoms. The molecule has 0 saturated heterocycles. The van der Waals surface area contributed by atoms with Gasteiger partial charge in [-0.1, -0.05) is 106 Å². The van der Waals surface area contributed by atoms with Gasteiger partial charge >= 0.3 is 17.9 Å². The third-order valence-corrected chi connectivity index (χ3v) is 18.2. The van der Waals surface area contributed by atoms with Gasteiger partial charge in [-0.2, -0.15) is 0 Å². The van der Waals surface area contributed by atoms with E-state index in [1.807, 2.05) is 72.8 Å². The lowest BCUT2D eigenvalue weighted by atomic mass is 9.71. The highest BCUT2D eigenvalue weighted by molar-refractivity contribution is 6.12. The summed E-state index contributed by atoms with van der Waals surface area (Å²) in [5.74, 6) is -0.309. The van der Waals surface area contributed by atoms with E-state index in [1.165, 1.54) is 65.7 Å². The number of aromatic nitrogens is 3. The zero-order valence-electron chi connectivity index (χ0n) is 52.0. The summed E-state index contributed by atoms with van der Waals surface area (Å²) in [5.41, 5.74) is 19.6. The normalized spacial score (nSPS) is 11.8. The Hall–Kier alpha value is -11.6. The molecular formula is C83H63N3O6. The predicted molar refractivity (Wildman–Crippen MR) is 371 cm³/mol. The van der Waals surface area contributed by atoms with Crippen LogP contribution in [0.15, 0.2) is 255 Å². The second-order valence-corrected chi connectivity index (χ2v) is 24.6. The number of nitrogens with zero attached hydrogens (tertiary/aromatic N) is 3. The van der Waals surface area contributed by atoms with Crippen molar-refractivity contribution in [2.24, 2.45) is 0 Å². The monoisotopic (exact) mass is 1200 g/mol. The maximum Gasteiger partial charge on any atom is 0.343 e. The first-order valence-electron chi connectivity index (χ1n) is 31.0. The minimum Gasteiger partial charge on any atom is -0.423 e. The van der Waals surface area contributed by atoms with Crippen molar-refractivity contribution in [3.63, 3.8) is 0 Å². The van der Waals surface area contributed by atoms with Crippen molar-refractivity contribution >= 4 is 83.3 Å². The van der Waals surface area contributed by atoms with Gasteiger partial charge in [-0.15, -0.1) is 0 Å². The molecule has 9 nitrogen and oxygen atoms in total. The molecule has 0 bridgehead atoms. The number of aryl methyl sites for hydroxylation is 6. The summed E-state index contributed by atoms with van der Waals surface area (Å²) < 4.78 is 24.8. The molecule has 12 aromatic carbocycles. The van der Waals surface area contributed by atoms with Crippen LogP contribution in [0.4, 0.5) is 0 Å². The van der Waals surface area contributed by atoms with Gasteiger partial charge in [-0.05, 0) is 247 Å². The van der Waals surface area contributed by atoms with Crippen LogP contribution in [0, 0.1) is 41.5 Å². The van der Waals surface area contributed by atoms with Crippen LogP contribution in [-0.4, -0.2) is 31.6 Å². The molecule has 446 valence electrons. The van der Waals surface area contributed by atoms with Crippen LogP contribution in [0.1, 0.15) is 88.1 Å². The number of hydrogen-bond acceptors (Lipinski definition) is 6. The minimum absolute atomic E-state index is 0.379. The highest BCUT2D eigenvalue weighted by atomic mass is 16.5. The van der Waals surface area contributed by atoms with Gasteiger partial charge in [-0.3, -0.25) is 0 Å². The topological polar surface area (TPSA) is 93.7 Å². The van der Waals surface area contributed by atoms with Gasteiger partial charge in [0.15, 0.2) is 0 Å². The number of rotatable bonds is 12. The molecule has 0 unspecified atom stereocenters. The maximum absolute atomic E-state index is 13.9.